The van der Waals surface area contributed by atoms with Crippen molar-refractivity contribution in [2.75, 3.05) is 6.61 Å². The highest BCUT2D eigenvalue weighted by Crippen LogP contribution is 2.55. The van der Waals surface area contributed by atoms with Crippen molar-refractivity contribution >= 4 is 6.08 Å². The molecule has 2 nitrogen and oxygen atoms in total. The summed E-state index contributed by atoms with van der Waals surface area (Å²) < 4.78 is 5.47. The zero-order chi connectivity index (χ0) is 12.1. The maximum atomic E-state index is 9.97. The summed E-state index contributed by atoms with van der Waals surface area (Å²) in [6, 6.07) is 2.02. The molecule has 3 rings (SSSR count). The Kier molecular flexibility index (Phi) is 2.14. The van der Waals surface area contributed by atoms with Crippen LogP contribution in [0.15, 0.2) is 34.5 Å². The van der Waals surface area contributed by atoms with Gasteiger partial charge in [-0.1, -0.05) is 26.0 Å². The van der Waals surface area contributed by atoms with Gasteiger partial charge in [0.1, 0.15) is 5.76 Å². The molecule has 17 heavy (non-hydrogen) atoms. The van der Waals surface area contributed by atoms with Crippen LogP contribution in [0.4, 0.5) is 0 Å². The highest BCUT2D eigenvalue weighted by Gasteiger charge is 2.49. The van der Waals surface area contributed by atoms with E-state index in [0.717, 1.165) is 18.6 Å². The highest BCUT2D eigenvalue weighted by atomic mass is 16.3. The molecule has 0 bridgehead atoms. The fourth-order valence-electron chi connectivity index (χ4n) is 3.20. The van der Waals surface area contributed by atoms with Gasteiger partial charge in [-0.05, 0) is 41.5 Å². The van der Waals surface area contributed by atoms with Gasteiger partial charge in [-0.25, -0.2) is 0 Å². The van der Waals surface area contributed by atoms with Crippen molar-refractivity contribution in [3.63, 3.8) is 0 Å². The van der Waals surface area contributed by atoms with Gasteiger partial charge < -0.3 is 9.52 Å². The van der Waals surface area contributed by atoms with Gasteiger partial charge in [0.05, 0.1) is 12.9 Å². The topological polar surface area (TPSA) is 33.4 Å². The highest BCUT2D eigenvalue weighted by molar-refractivity contribution is 5.62. The summed E-state index contributed by atoms with van der Waals surface area (Å²) in [6.45, 7) is 4.68. The molecule has 1 unspecified atom stereocenters. The fraction of sp³-hybridized carbons (Fsp3) is 0.467. The van der Waals surface area contributed by atoms with Gasteiger partial charge in [0.2, 0.25) is 0 Å². The number of aliphatic hydroxyl groups excluding tert-OH is 1. The Balaban J connectivity index is 2.20. The van der Waals surface area contributed by atoms with Crippen LogP contribution in [0.5, 0.6) is 0 Å². The van der Waals surface area contributed by atoms with Crippen molar-refractivity contribution in [1.82, 2.24) is 0 Å². The van der Waals surface area contributed by atoms with Crippen molar-refractivity contribution in [1.29, 1.82) is 0 Å². The van der Waals surface area contributed by atoms with Gasteiger partial charge >= 0.3 is 0 Å². The number of hydrogen-bond acceptors (Lipinski definition) is 2. The lowest BCUT2D eigenvalue weighted by atomic mass is 9.54. The normalized spacial score (nSPS) is 29.5. The Morgan fingerprint density at radius 3 is 3.00 bits per heavy atom. The molecule has 0 radical (unpaired) electrons. The van der Waals surface area contributed by atoms with Crippen LogP contribution >= 0.6 is 0 Å². The minimum Gasteiger partial charge on any atom is -0.465 e. The molecule has 0 amide bonds. The number of allylic oxidation sites excluding steroid dienone is 2. The summed E-state index contributed by atoms with van der Waals surface area (Å²) in [5.74, 6) is 0.950. The minimum absolute atomic E-state index is 0.0806. The minimum atomic E-state index is -0.154. The Hall–Kier alpha value is -1.28. The molecule has 0 aromatic carbocycles. The molecular formula is C15H18O2. The molecule has 2 aliphatic rings. The summed E-state index contributed by atoms with van der Waals surface area (Å²) in [5.41, 5.74) is 2.35. The molecule has 1 N–H and O–H groups in total. The number of rotatable bonds is 1. The van der Waals surface area contributed by atoms with Crippen LogP contribution in [-0.4, -0.2) is 11.7 Å². The van der Waals surface area contributed by atoms with E-state index >= 15 is 0 Å². The quantitative estimate of drug-likeness (QED) is 0.803. The van der Waals surface area contributed by atoms with Crippen LogP contribution in [0.3, 0.4) is 0 Å². The Morgan fingerprint density at radius 1 is 1.41 bits per heavy atom. The van der Waals surface area contributed by atoms with Crippen molar-refractivity contribution in [2.24, 2.45) is 10.8 Å². The Labute approximate surface area is 102 Å². The number of aliphatic hydroxyl groups is 1. The first kappa shape index (κ1) is 10.8. The molecule has 2 aliphatic carbocycles. The van der Waals surface area contributed by atoms with Gasteiger partial charge in [0.15, 0.2) is 0 Å². The second-order valence-corrected chi connectivity index (χ2v) is 5.82. The molecule has 1 heterocycles. The molecule has 1 aromatic heterocycles. The standard InChI is InChI=1S/C15H18O2/c1-14(2)6-3-4-12-8-13-11(5-7-17-13)9-15(12,14)10-16/h3-5,7-8,16H,6,9-10H2,1-2H3. The van der Waals surface area contributed by atoms with Gasteiger partial charge in [-0.15, -0.1) is 0 Å². The summed E-state index contributed by atoms with van der Waals surface area (Å²) in [7, 11) is 0. The number of fused-ring (bicyclic) bond motifs is 2. The van der Waals surface area contributed by atoms with E-state index in [1.165, 1.54) is 11.1 Å². The van der Waals surface area contributed by atoms with Crippen LogP contribution in [0.25, 0.3) is 6.08 Å². The van der Waals surface area contributed by atoms with Crippen molar-refractivity contribution in [3.05, 3.63) is 41.4 Å². The lowest BCUT2D eigenvalue weighted by Crippen LogP contribution is -2.46. The first-order valence-corrected chi connectivity index (χ1v) is 6.15. The first-order valence-electron chi connectivity index (χ1n) is 6.15. The molecule has 0 fully saturated rings. The fourth-order valence-corrected chi connectivity index (χ4v) is 3.20. The van der Waals surface area contributed by atoms with Gasteiger partial charge in [0.25, 0.3) is 0 Å². The second-order valence-electron chi connectivity index (χ2n) is 5.82. The maximum Gasteiger partial charge on any atom is 0.130 e. The third kappa shape index (κ3) is 1.31. The van der Waals surface area contributed by atoms with E-state index in [9.17, 15) is 5.11 Å². The van der Waals surface area contributed by atoms with Crippen molar-refractivity contribution in [3.8, 4) is 0 Å². The molecule has 2 heteroatoms. The summed E-state index contributed by atoms with van der Waals surface area (Å²) in [5, 5.41) is 9.97. The molecular weight excluding hydrogens is 212 g/mol. The average molecular weight is 230 g/mol. The van der Waals surface area contributed by atoms with Crippen LogP contribution in [0.1, 0.15) is 31.6 Å². The predicted octanol–water partition coefficient (Wildman–Crippen LogP) is 3.18. The number of furan rings is 1. The Bertz CT molecular complexity index is 505. The SMILES string of the molecule is CC1(C)CC=CC2=Cc3occc3CC21CO. The summed E-state index contributed by atoms with van der Waals surface area (Å²) >= 11 is 0. The average Bonchev–Trinajstić information content (AvgIpc) is 2.73. The molecule has 0 saturated carbocycles. The van der Waals surface area contributed by atoms with E-state index in [4.69, 9.17) is 4.42 Å². The third-order valence-electron chi connectivity index (χ3n) is 4.60. The Morgan fingerprint density at radius 2 is 2.24 bits per heavy atom. The largest absolute Gasteiger partial charge is 0.465 e. The molecule has 1 aromatic rings. The molecule has 0 saturated heterocycles. The zero-order valence-electron chi connectivity index (χ0n) is 10.4. The lowest BCUT2D eigenvalue weighted by Gasteiger charge is -2.50. The van der Waals surface area contributed by atoms with E-state index in [-0.39, 0.29) is 17.4 Å². The van der Waals surface area contributed by atoms with E-state index in [2.05, 4.69) is 32.1 Å². The molecule has 1 atom stereocenters. The predicted molar refractivity (Wildman–Crippen MR) is 67.4 cm³/mol. The summed E-state index contributed by atoms with van der Waals surface area (Å²) in [6.07, 6.45) is 10.1. The van der Waals surface area contributed by atoms with Crippen molar-refractivity contribution < 1.29 is 9.52 Å². The van der Waals surface area contributed by atoms with Crippen LogP contribution in [-0.2, 0) is 6.42 Å². The van der Waals surface area contributed by atoms with Crippen LogP contribution in [0.2, 0.25) is 0 Å². The zero-order valence-corrected chi connectivity index (χ0v) is 10.4. The van der Waals surface area contributed by atoms with Gasteiger partial charge in [-0.2, -0.15) is 0 Å². The lowest BCUT2D eigenvalue weighted by molar-refractivity contribution is 0.0361. The van der Waals surface area contributed by atoms with E-state index < -0.39 is 0 Å². The van der Waals surface area contributed by atoms with Gasteiger partial charge in [0, 0.05) is 5.41 Å². The molecule has 0 spiro atoms. The maximum absolute atomic E-state index is 9.97. The van der Waals surface area contributed by atoms with E-state index in [1.807, 2.05) is 6.07 Å². The monoisotopic (exact) mass is 230 g/mol. The smallest absolute Gasteiger partial charge is 0.130 e. The second kappa shape index (κ2) is 3.36. The number of hydrogen-bond donors (Lipinski definition) is 1. The van der Waals surface area contributed by atoms with E-state index in [1.54, 1.807) is 6.26 Å². The molecule has 90 valence electrons. The van der Waals surface area contributed by atoms with Crippen LogP contribution < -0.4 is 0 Å². The van der Waals surface area contributed by atoms with Crippen LogP contribution in [0, 0.1) is 10.8 Å². The van der Waals surface area contributed by atoms with E-state index in [0.29, 0.717) is 0 Å². The summed E-state index contributed by atoms with van der Waals surface area (Å²) in [4.78, 5) is 0. The van der Waals surface area contributed by atoms with Crippen molar-refractivity contribution in [2.45, 2.75) is 26.7 Å². The molecule has 0 aliphatic heterocycles. The third-order valence-corrected chi connectivity index (χ3v) is 4.60. The van der Waals surface area contributed by atoms with Gasteiger partial charge in [-0.3, -0.25) is 0 Å². The first-order chi connectivity index (χ1) is 8.09.